The summed E-state index contributed by atoms with van der Waals surface area (Å²) in [7, 11) is 0. The molecule has 0 spiro atoms. The number of aromatic nitrogens is 2. The molecule has 0 N–H and O–H groups in total. The number of carbonyl (C=O) groups is 1. The minimum absolute atomic E-state index is 0.176. The van der Waals surface area contributed by atoms with Crippen molar-refractivity contribution in [3.05, 3.63) is 47.3 Å². The maximum Gasteiger partial charge on any atom is 0.409 e. The second-order valence-electron chi connectivity index (χ2n) is 8.09. The molecular formula is C22H32N4O2. The molecule has 1 saturated heterocycles. The van der Waals surface area contributed by atoms with Crippen LogP contribution in [0, 0.1) is 19.8 Å². The Labute approximate surface area is 168 Å². The second kappa shape index (κ2) is 9.24. The van der Waals surface area contributed by atoms with E-state index in [0.29, 0.717) is 12.5 Å². The van der Waals surface area contributed by atoms with E-state index >= 15 is 0 Å². The van der Waals surface area contributed by atoms with Crippen LogP contribution in [0.2, 0.25) is 0 Å². The van der Waals surface area contributed by atoms with Crippen LogP contribution < -0.4 is 0 Å². The number of nitrogens with zero attached hydrogens (tertiary/aromatic N) is 4. The standard InChI is InChI=1S/C22H32N4O2/c1-17(2)16-28-22(27)25-11-5-10-24(12-13-25)15-20-6-8-21(9-7-20)26-19(4)14-18(3)23-26/h6-9,14,17H,5,10-13,15-16H2,1-4H3. The third-order valence-electron chi connectivity index (χ3n) is 4.98. The zero-order valence-corrected chi connectivity index (χ0v) is 17.5. The van der Waals surface area contributed by atoms with Gasteiger partial charge in [0.05, 0.1) is 18.0 Å². The van der Waals surface area contributed by atoms with Crippen LogP contribution in [0.25, 0.3) is 5.69 Å². The van der Waals surface area contributed by atoms with Gasteiger partial charge in [-0.25, -0.2) is 9.48 Å². The average molecular weight is 385 g/mol. The van der Waals surface area contributed by atoms with Gasteiger partial charge >= 0.3 is 6.09 Å². The van der Waals surface area contributed by atoms with Gasteiger partial charge in [0.15, 0.2) is 0 Å². The van der Waals surface area contributed by atoms with Crippen molar-refractivity contribution in [2.45, 2.75) is 40.7 Å². The molecule has 1 aliphatic rings. The quantitative estimate of drug-likeness (QED) is 0.787. The van der Waals surface area contributed by atoms with E-state index in [9.17, 15) is 4.79 Å². The third kappa shape index (κ3) is 5.35. The first-order valence-corrected chi connectivity index (χ1v) is 10.2. The van der Waals surface area contributed by atoms with Crippen molar-refractivity contribution in [3.63, 3.8) is 0 Å². The Bertz CT molecular complexity index is 782. The largest absolute Gasteiger partial charge is 0.449 e. The second-order valence-corrected chi connectivity index (χ2v) is 8.09. The molecule has 3 rings (SSSR count). The van der Waals surface area contributed by atoms with E-state index in [-0.39, 0.29) is 6.09 Å². The van der Waals surface area contributed by atoms with E-state index in [2.05, 4.69) is 61.1 Å². The van der Waals surface area contributed by atoms with Crippen molar-refractivity contribution in [2.24, 2.45) is 5.92 Å². The summed E-state index contributed by atoms with van der Waals surface area (Å²) in [4.78, 5) is 16.5. The molecule has 0 saturated carbocycles. The van der Waals surface area contributed by atoms with Crippen LogP contribution in [0.3, 0.4) is 0 Å². The Balaban J connectivity index is 1.54. The Morgan fingerprint density at radius 3 is 2.50 bits per heavy atom. The number of benzene rings is 1. The van der Waals surface area contributed by atoms with Crippen molar-refractivity contribution >= 4 is 6.09 Å². The van der Waals surface area contributed by atoms with Gasteiger partial charge in [-0.3, -0.25) is 4.90 Å². The molecule has 6 nitrogen and oxygen atoms in total. The highest BCUT2D eigenvalue weighted by atomic mass is 16.6. The van der Waals surface area contributed by atoms with E-state index in [1.54, 1.807) is 0 Å². The van der Waals surface area contributed by atoms with Crippen molar-refractivity contribution in [1.82, 2.24) is 19.6 Å². The summed E-state index contributed by atoms with van der Waals surface area (Å²) in [6.45, 7) is 12.9. The Kier molecular flexibility index (Phi) is 6.73. The molecule has 0 bridgehead atoms. The summed E-state index contributed by atoms with van der Waals surface area (Å²) in [5.74, 6) is 0.366. The Morgan fingerprint density at radius 1 is 1.11 bits per heavy atom. The monoisotopic (exact) mass is 384 g/mol. The molecule has 0 aliphatic carbocycles. The van der Waals surface area contributed by atoms with E-state index < -0.39 is 0 Å². The number of aryl methyl sites for hydroxylation is 2. The zero-order valence-electron chi connectivity index (χ0n) is 17.5. The van der Waals surface area contributed by atoms with Crippen molar-refractivity contribution in [1.29, 1.82) is 0 Å². The molecule has 1 aromatic carbocycles. The lowest BCUT2D eigenvalue weighted by Crippen LogP contribution is -2.36. The summed E-state index contributed by atoms with van der Waals surface area (Å²) >= 11 is 0. The zero-order chi connectivity index (χ0) is 20.1. The van der Waals surface area contributed by atoms with Crippen LogP contribution in [0.1, 0.15) is 37.2 Å². The molecular weight excluding hydrogens is 352 g/mol. The normalized spacial score (nSPS) is 15.7. The highest BCUT2D eigenvalue weighted by Crippen LogP contribution is 2.15. The van der Waals surface area contributed by atoms with E-state index in [1.807, 2.05) is 16.5 Å². The van der Waals surface area contributed by atoms with Crippen LogP contribution in [0.5, 0.6) is 0 Å². The number of rotatable bonds is 5. The molecule has 152 valence electrons. The summed E-state index contributed by atoms with van der Waals surface area (Å²) < 4.78 is 7.36. The fourth-order valence-corrected chi connectivity index (χ4v) is 3.53. The summed E-state index contributed by atoms with van der Waals surface area (Å²) in [5.41, 5.74) is 4.54. The van der Waals surface area contributed by atoms with E-state index in [4.69, 9.17) is 4.74 Å². The number of hydrogen-bond donors (Lipinski definition) is 0. The summed E-state index contributed by atoms with van der Waals surface area (Å²) in [6, 6.07) is 10.7. The lowest BCUT2D eigenvalue weighted by Gasteiger charge is -2.22. The number of hydrogen-bond acceptors (Lipinski definition) is 4. The van der Waals surface area contributed by atoms with Gasteiger partial charge in [0, 0.05) is 38.4 Å². The average Bonchev–Trinajstić information content (AvgIpc) is 2.86. The molecule has 2 heterocycles. The molecule has 0 atom stereocenters. The maximum absolute atomic E-state index is 12.2. The summed E-state index contributed by atoms with van der Waals surface area (Å²) in [6.07, 6.45) is 0.797. The van der Waals surface area contributed by atoms with Crippen LogP contribution in [0.4, 0.5) is 4.79 Å². The molecule has 2 aromatic rings. The maximum atomic E-state index is 12.2. The first-order valence-electron chi connectivity index (χ1n) is 10.2. The Hall–Kier alpha value is -2.34. The number of amides is 1. The van der Waals surface area contributed by atoms with Gasteiger partial charge in [0.25, 0.3) is 0 Å². The molecule has 1 fully saturated rings. The van der Waals surface area contributed by atoms with Gasteiger partial charge in [-0.1, -0.05) is 26.0 Å². The minimum atomic E-state index is -0.176. The van der Waals surface area contributed by atoms with Gasteiger partial charge in [-0.05, 0) is 49.9 Å². The van der Waals surface area contributed by atoms with Crippen LogP contribution in [-0.2, 0) is 11.3 Å². The van der Waals surface area contributed by atoms with Gasteiger partial charge in [-0.15, -0.1) is 0 Å². The van der Waals surface area contributed by atoms with Gasteiger partial charge in [0.1, 0.15) is 0 Å². The smallest absolute Gasteiger partial charge is 0.409 e. The summed E-state index contributed by atoms with van der Waals surface area (Å²) in [5, 5.41) is 4.55. The number of carbonyl (C=O) groups excluding carboxylic acids is 1. The predicted molar refractivity (Wildman–Crippen MR) is 111 cm³/mol. The highest BCUT2D eigenvalue weighted by molar-refractivity contribution is 5.67. The van der Waals surface area contributed by atoms with Crippen molar-refractivity contribution < 1.29 is 9.53 Å². The topological polar surface area (TPSA) is 50.6 Å². The fraction of sp³-hybridized carbons (Fsp3) is 0.545. The van der Waals surface area contributed by atoms with E-state index in [1.165, 1.54) is 5.56 Å². The van der Waals surface area contributed by atoms with Crippen LogP contribution >= 0.6 is 0 Å². The first kappa shape index (κ1) is 20.4. The molecule has 0 radical (unpaired) electrons. The van der Waals surface area contributed by atoms with Crippen molar-refractivity contribution in [2.75, 3.05) is 32.8 Å². The van der Waals surface area contributed by atoms with Gasteiger partial charge in [0.2, 0.25) is 0 Å². The number of ether oxygens (including phenoxy) is 1. The molecule has 0 unspecified atom stereocenters. The first-order chi connectivity index (χ1) is 13.4. The molecule has 1 amide bonds. The molecule has 28 heavy (non-hydrogen) atoms. The van der Waals surface area contributed by atoms with E-state index in [0.717, 1.165) is 56.2 Å². The fourth-order valence-electron chi connectivity index (χ4n) is 3.53. The predicted octanol–water partition coefficient (Wildman–Crippen LogP) is 3.79. The van der Waals surface area contributed by atoms with Crippen LogP contribution in [0.15, 0.2) is 30.3 Å². The van der Waals surface area contributed by atoms with Crippen LogP contribution in [-0.4, -0.2) is 58.5 Å². The highest BCUT2D eigenvalue weighted by Gasteiger charge is 2.20. The molecule has 1 aromatic heterocycles. The lowest BCUT2D eigenvalue weighted by molar-refractivity contribution is 0.0930. The van der Waals surface area contributed by atoms with Gasteiger partial charge < -0.3 is 9.64 Å². The molecule has 1 aliphatic heterocycles. The van der Waals surface area contributed by atoms with Crippen molar-refractivity contribution in [3.8, 4) is 5.69 Å². The minimum Gasteiger partial charge on any atom is -0.449 e. The third-order valence-corrected chi connectivity index (χ3v) is 4.98. The lowest BCUT2D eigenvalue weighted by atomic mass is 10.2. The SMILES string of the molecule is Cc1cc(C)n(-c2ccc(CN3CCCN(C(=O)OCC(C)C)CC3)cc2)n1. The Morgan fingerprint density at radius 2 is 1.86 bits per heavy atom. The van der Waals surface area contributed by atoms with Gasteiger partial charge in [-0.2, -0.15) is 5.10 Å². The molecule has 6 heteroatoms.